The van der Waals surface area contributed by atoms with Crippen LogP contribution in [0.4, 0.5) is 4.39 Å². The van der Waals surface area contributed by atoms with Crippen molar-refractivity contribution in [1.82, 2.24) is 0 Å². The third-order valence-corrected chi connectivity index (χ3v) is 2.75. The van der Waals surface area contributed by atoms with Crippen LogP contribution < -0.4 is 0 Å². The molecule has 1 aromatic rings. The fraction of sp³-hybridized carbons (Fsp3) is 0.571. The minimum Gasteiger partial charge on any atom is -0.246 e. The van der Waals surface area contributed by atoms with E-state index in [0.717, 1.165) is 12.0 Å². The predicted octanol–water partition coefficient (Wildman–Crippen LogP) is 4.67. The van der Waals surface area contributed by atoms with Crippen LogP contribution in [0.1, 0.15) is 50.2 Å². The number of aryl methyl sites for hydroxylation is 1. The van der Waals surface area contributed by atoms with Gasteiger partial charge in [0.25, 0.3) is 0 Å². The van der Waals surface area contributed by atoms with Crippen LogP contribution in [0.5, 0.6) is 0 Å². The number of rotatable bonds is 7. The summed E-state index contributed by atoms with van der Waals surface area (Å²) in [7, 11) is 0. The summed E-state index contributed by atoms with van der Waals surface area (Å²) in [4.78, 5) is 0. The second-order valence-electron chi connectivity index (χ2n) is 4.11. The van der Waals surface area contributed by atoms with Crippen LogP contribution in [0, 0.1) is 0 Å². The summed E-state index contributed by atoms with van der Waals surface area (Å²) < 4.78 is 12.2. The molecule has 0 unspecified atom stereocenters. The molecule has 0 spiro atoms. The van der Waals surface area contributed by atoms with E-state index in [1.54, 1.807) is 0 Å². The van der Waals surface area contributed by atoms with Gasteiger partial charge in [-0.2, -0.15) is 0 Å². The normalized spacial score (nSPS) is 10.5. The number of halogens is 1. The molecule has 0 saturated carbocycles. The zero-order valence-corrected chi connectivity index (χ0v) is 9.64. The van der Waals surface area contributed by atoms with E-state index in [1.165, 1.54) is 37.7 Å². The first-order chi connectivity index (χ1) is 7.36. The number of unbranched alkanes of at least 4 members (excludes halogenated alkanes) is 4. The average Bonchev–Trinajstić information content (AvgIpc) is 2.30. The molecule has 0 fully saturated rings. The Balaban J connectivity index is 2.20. The first kappa shape index (κ1) is 12.2. The monoisotopic (exact) mass is 208 g/mol. The summed E-state index contributed by atoms with van der Waals surface area (Å²) in [6.45, 7) is 1.88. The molecule has 0 aliphatic heterocycles. The molecule has 0 heterocycles. The molecule has 0 radical (unpaired) electrons. The summed E-state index contributed by atoms with van der Waals surface area (Å²) in [5.74, 6) is 0. The molecule has 1 aromatic carbocycles. The van der Waals surface area contributed by atoms with Crippen LogP contribution in [-0.4, -0.2) is 0 Å². The van der Waals surface area contributed by atoms with E-state index in [9.17, 15) is 4.39 Å². The lowest BCUT2D eigenvalue weighted by Crippen LogP contribution is -1.87. The first-order valence-electron chi connectivity index (χ1n) is 6.00. The lowest BCUT2D eigenvalue weighted by molar-refractivity contribution is 0.485. The van der Waals surface area contributed by atoms with Crippen LogP contribution in [0.3, 0.4) is 0 Å². The molecular weight excluding hydrogens is 187 g/mol. The summed E-state index contributed by atoms with van der Waals surface area (Å²) in [6.07, 6.45) is 7.70. The van der Waals surface area contributed by atoms with Crippen LogP contribution in [0.15, 0.2) is 24.3 Å². The van der Waals surface area contributed by atoms with Gasteiger partial charge >= 0.3 is 0 Å². The van der Waals surface area contributed by atoms with Gasteiger partial charge in [0.05, 0.1) is 0 Å². The Kier molecular flexibility index (Phi) is 6.06. The van der Waals surface area contributed by atoms with Gasteiger partial charge in [-0.3, -0.25) is 0 Å². The molecule has 0 nitrogen and oxygen atoms in total. The van der Waals surface area contributed by atoms with Gasteiger partial charge in [-0.25, -0.2) is 4.39 Å². The quantitative estimate of drug-likeness (QED) is 0.571. The molecular formula is C14H21F. The SMILES string of the molecule is CCCCCCCc1ccc(CF)cc1. The zero-order chi connectivity index (χ0) is 10.9. The van der Waals surface area contributed by atoms with E-state index in [0.29, 0.717) is 0 Å². The Morgan fingerprint density at radius 2 is 1.47 bits per heavy atom. The Morgan fingerprint density at radius 3 is 2.07 bits per heavy atom. The number of benzene rings is 1. The lowest BCUT2D eigenvalue weighted by atomic mass is 10.0. The fourth-order valence-corrected chi connectivity index (χ4v) is 1.73. The molecule has 15 heavy (non-hydrogen) atoms. The summed E-state index contributed by atoms with van der Waals surface area (Å²) in [6, 6.07) is 7.88. The Morgan fingerprint density at radius 1 is 0.867 bits per heavy atom. The topological polar surface area (TPSA) is 0 Å². The van der Waals surface area contributed by atoms with Crippen molar-refractivity contribution in [2.75, 3.05) is 0 Å². The highest BCUT2D eigenvalue weighted by Crippen LogP contribution is 2.10. The van der Waals surface area contributed by atoms with Crippen LogP contribution >= 0.6 is 0 Å². The van der Waals surface area contributed by atoms with E-state index in [2.05, 4.69) is 19.1 Å². The number of hydrogen-bond acceptors (Lipinski definition) is 0. The van der Waals surface area contributed by atoms with Crippen molar-refractivity contribution in [3.8, 4) is 0 Å². The molecule has 1 heteroatoms. The fourth-order valence-electron chi connectivity index (χ4n) is 1.73. The number of hydrogen-bond donors (Lipinski definition) is 0. The van der Waals surface area contributed by atoms with Crippen molar-refractivity contribution >= 4 is 0 Å². The van der Waals surface area contributed by atoms with Crippen molar-refractivity contribution in [3.63, 3.8) is 0 Å². The molecule has 0 aliphatic rings. The van der Waals surface area contributed by atoms with Crippen LogP contribution in [0.25, 0.3) is 0 Å². The third kappa shape index (κ3) is 4.96. The van der Waals surface area contributed by atoms with Crippen molar-refractivity contribution in [3.05, 3.63) is 35.4 Å². The minimum absolute atomic E-state index is 0.350. The maximum Gasteiger partial charge on any atom is 0.115 e. The minimum atomic E-state index is -0.350. The van der Waals surface area contributed by atoms with E-state index in [4.69, 9.17) is 0 Å². The van der Waals surface area contributed by atoms with Crippen LogP contribution in [0.2, 0.25) is 0 Å². The summed E-state index contributed by atoms with van der Waals surface area (Å²) in [5, 5.41) is 0. The summed E-state index contributed by atoms with van der Waals surface area (Å²) in [5.41, 5.74) is 2.12. The number of alkyl halides is 1. The molecule has 0 amide bonds. The first-order valence-corrected chi connectivity index (χ1v) is 6.00. The van der Waals surface area contributed by atoms with Crippen molar-refractivity contribution < 1.29 is 4.39 Å². The average molecular weight is 208 g/mol. The standard InChI is InChI=1S/C14H21F/c1-2-3-4-5-6-7-13-8-10-14(12-15)11-9-13/h8-11H,2-7,12H2,1H3. The predicted molar refractivity (Wildman–Crippen MR) is 63.7 cm³/mol. The van der Waals surface area contributed by atoms with Crippen molar-refractivity contribution in [2.45, 2.75) is 52.1 Å². The van der Waals surface area contributed by atoms with Gasteiger partial charge in [-0.1, -0.05) is 56.9 Å². The Bertz CT molecular complexity index is 251. The van der Waals surface area contributed by atoms with E-state index >= 15 is 0 Å². The van der Waals surface area contributed by atoms with Crippen molar-refractivity contribution in [2.24, 2.45) is 0 Å². The second kappa shape index (κ2) is 7.44. The van der Waals surface area contributed by atoms with Gasteiger partial charge in [0.2, 0.25) is 0 Å². The molecule has 1 rings (SSSR count). The smallest absolute Gasteiger partial charge is 0.115 e. The van der Waals surface area contributed by atoms with E-state index < -0.39 is 0 Å². The van der Waals surface area contributed by atoms with Gasteiger partial charge in [-0.15, -0.1) is 0 Å². The van der Waals surface area contributed by atoms with Gasteiger partial charge < -0.3 is 0 Å². The maximum atomic E-state index is 12.2. The molecule has 0 aliphatic carbocycles. The third-order valence-electron chi connectivity index (χ3n) is 2.75. The molecule has 0 aromatic heterocycles. The second-order valence-corrected chi connectivity index (χ2v) is 4.11. The molecule has 0 saturated heterocycles. The van der Waals surface area contributed by atoms with Gasteiger partial charge in [0.1, 0.15) is 6.67 Å². The van der Waals surface area contributed by atoms with E-state index in [1.807, 2.05) is 12.1 Å². The van der Waals surface area contributed by atoms with Gasteiger partial charge in [-0.05, 0) is 24.0 Å². The Labute approximate surface area is 92.5 Å². The zero-order valence-electron chi connectivity index (χ0n) is 9.64. The largest absolute Gasteiger partial charge is 0.246 e. The highest BCUT2D eigenvalue weighted by atomic mass is 19.1. The maximum absolute atomic E-state index is 12.2. The molecule has 0 bridgehead atoms. The highest BCUT2D eigenvalue weighted by Gasteiger charge is 1.95. The highest BCUT2D eigenvalue weighted by molar-refractivity contribution is 5.21. The summed E-state index contributed by atoms with van der Waals surface area (Å²) >= 11 is 0. The molecule has 0 N–H and O–H groups in total. The van der Waals surface area contributed by atoms with Gasteiger partial charge in [0.15, 0.2) is 0 Å². The molecule has 0 atom stereocenters. The Hall–Kier alpha value is -0.850. The van der Waals surface area contributed by atoms with E-state index in [-0.39, 0.29) is 6.67 Å². The van der Waals surface area contributed by atoms with Crippen molar-refractivity contribution in [1.29, 1.82) is 0 Å². The lowest BCUT2D eigenvalue weighted by Gasteiger charge is -2.02. The van der Waals surface area contributed by atoms with Crippen LogP contribution in [-0.2, 0) is 13.1 Å². The van der Waals surface area contributed by atoms with Gasteiger partial charge in [0, 0.05) is 0 Å². The molecule has 84 valence electrons.